The summed E-state index contributed by atoms with van der Waals surface area (Å²) in [7, 11) is -3.88. The van der Waals surface area contributed by atoms with E-state index in [1.54, 1.807) is 0 Å². The van der Waals surface area contributed by atoms with Gasteiger partial charge in [-0.05, 0) is 52.5 Å². The third-order valence-corrected chi connectivity index (χ3v) is 5.20. The monoisotopic (exact) mass is 412 g/mol. The highest BCUT2D eigenvalue weighted by Crippen LogP contribution is 2.39. The molecule has 0 heterocycles. The Labute approximate surface area is 134 Å². The quantitative estimate of drug-likeness (QED) is 0.409. The van der Waals surface area contributed by atoms with Gasteiger partial charge in [0.1, 0.15) is 0 Å². The van der Waals surface area contributed by atoms with Crippen LogP contribution in [0.2, 0.25) is 0 Å². The van der Waals surface area contributed by atoms with Crippen molar-refractivity contribution < 1.29 is 18.1 Å². The van der Waals surface area contributed by atoms with Crippen LogP contribution in [0.4, 0.5) is 0 Å². The number of hydrogen-bond donors (Lipinski definition) is 2. The maximum atomic E-state index is 10.7. The smallest absolute Gasteiger partial charge is 0.264 e. The van der Waals surface area contributed by atoms with Crippen molar-refractivity contribution >= 4 is 32.7 Å². The lowest BCUT2D eigenvalue weighted by Gasteiger charge is -2.31. The minimum absolute atomic E-state index is 0.220. The van der Waals surface area contributed by atoms with Crippen LogP contribution in [0.5, 0.6) is 0 Å². The average molecular weight is 412 g/mol. The van der Waals surface area contributed by atoms with Gasteiger partial charge in [0.2, 0.25) is 0 Å². The van der Waals surface area contributed by atoms with Crippen molar-refractivity contribution in [1.29, 1.82) is 0 Å². The number of benzene rings is 1. The molecule has 1 aromatic rings. The lowest BCUT2D eigenvalue weighted by molar-refractivity contribution is 0.0408. The molecular formula is C14H21IO4S. The zero-order valence-electron chi connectivity index (χ0n) is 11.7. The van der Waals surface area contributed by atoms with Gasteiger partial charge in [-0.2, -0.15) is 8.42 Å². The van der Waals surface area contributed by atoms with Gasteiger partial charge in [-0.25, -0.2) is 0 Å². The molecule has 0 saturated carbocycles. The Balaban J connectivity index is 2.62. The summed E-state index contributed by atoms with van der Waals surface area (Å²) in [6, 6.07) is 7.69. The summed E-state index contributed by atoms with van der Waals surface area (Å²) in [6.45, 7) is 3.93. The highest BCUT2D eigenvalue weighted by Gasteiger charge is 2.29. The summed E-state index contributed by atoms with van der Waals surface area (Å²) in [6.07, 6.45) is 1.14. The molecule has 0 spiro atoms. The maximum Gasteiger partial charge on any atom is 0.264 e. The zero-order valence-corrected chi connectivity index (χ0v) is 14.7. The number of halogens is 1. The molecule has 0 saturated heterocycles. The van der Waals surface area contributed by atoms with Crippen LogP contribution in [0.15, 0.2) is 24.3 Å². The van der Waals surface area contributed by atoms with Crippen LogP contribution in [-0.2, 0) is 10.1 Å². The molecule has 0 aliphatic heterocycles. The fourth-order valence-electron chi connectivity index (χ4n) is 2.12. The third kappa shape index (κ3) is 5.67. The number of aliphatic hydroxyl groups is 1. The number of unbranched alkanes of at least 4 members (excludes halogenated alkanes) is 1. The first kappa shape index (κ1) is 17.9. The molecule has 1 atom stereocenters. The van der Waals surface area contributed by atoms with Crippen LogP contribution in [-0.4, -0.2) is 23.8 Å². The van der Waals surface area contributed by atoms with Crippen molar-refractivity contribution in [2.75, 3.05) is 5.75 Å². The fourth-order valence-corrected chi connectivity index (χ4v) is 3.37. The molecule has 0 aliphatic carbocycles. The third-order valence-electron chi connectivity index (χ3n) is 3.41. The van der Waals surface area contributed by atoms with Crippen molar-refractivity contribution in [1.82, 2.24) is 0 Å². The van der Waals surface area contributed by atoms with Crippen LogP contribution in [0.25, 0.3) is 0 Å². The molecule has 1 aromatic carbocycles. The van der Waals surface area contributed by atoms with Gasteiger partial charge in [0.05, 0.1) is 11.9 Å². The van der Waals surface area contributed by atoms with E-state index in [1.807, 2.05) is 38.1 Å². The second-order valence-electron chi connectivity index (χ2n) is 5.66. The van der Waals surface area contributed by atoms with Crippen molar-refractivity contribution in [3.8, 4) is 0 Å². The Hall–Kier alpha value is -0.180. The molecule has 114 valence electrons. The van der Waals surface area contributed by atoms with Crippen LogP contribution in [0.3, 0.4) is 0 Å². The minimum Gasteiger partial charge on any atom is -0.388 e. The topological polar surface area (TPSA) is 74.6 Å². The van der Waals surface area contributed by atoms with Crippen LogP contribution < -0.4 is 0 Å². The average Bonchev–Trinajstić information content (AvgIpc) is 2.33. The highest BCUT2D eigenvalue weighted by molar-refractivity contribution is 14.1. The molecule has 0 bridgehead atoms. The zero-order chi connectivity index (χ0) is 15.4. The Morgan fingerprint density at radius 2 is 1.85 bits per heavy atom. The number of aliphatic hydroxyl groups excluding tert-OH is 1. The second-order valence-corrected chi connectivity index (χ2v) is 8.39. The van der Waals surface area contributed by atoms with Crippen molar-refractivity contribution in [3.05, 3.63) is 33.4 Å². The highest BCUT2D eigenvalue weighted by atomic mass is 127. The first-order chi connectivity index (χ1) is 9.13. The van der Waals surface area contributed by atoms with Crippen molar-refractivity contribution in [2.24, 2.45) is 5.41 Å². The van der Waals surface area contributed by atoms with E-state index in [-0.39, 0.29) is 11.2 Å². The predicted octanol–water partition coefficient (Wildman–Crippen LogP) is 3.41. The molecule has 0 fully saturated rings. The van der Waals surface area contributed by atoms with E-state index in [2.05, 4.69) is 22.6 Å². The summed E-state index contributed by atoms with van der Waals surface area (Å²) in [5.74, 6) is -0.220. The molecule has 0 amide bonds. The van der Waals surface area contributed by atoms with Gasteiger partial charge in [-0.15, -0.1) is 0 Å². The van der Waals surface area contributed by atoms with E-state index in [0.717, 1.165) is 9.13 Å². The summed E-state index contributed by atoms with van der Waals surface area (Å²) >= 11 is 2.20. The van der Waals surface area contributed by atoms with Gasteiger partial charge >= 0.3 is 0 Å². The summed E-state index contributed by atoms with van der Waals surface area (Å²) in [5.41, 5.74) is 0.549. The van der Waals surface area contributed by atoms with Crippen LogP contribution in [0, 0.1) is 8.99 Å². The standard InChI is InChI=1S/C14H21IO4S/c1-14(2,9-5-6-10-20(17,18)19)13(16)11-7-3-4-8-12(11)15/h3-4,7-8,13,16H,5-6,9-10H2,1-2H3,(H,17,18,19). The molecule has 1 rings (SSSR count). The predicted molar refractivity (Wildman–Crippen MR) is 88.2 cm³/mol. The van der Waals surface area contributed by atoms with E-state index in [1.165, 1.54) is 0 Å². The molecular weight excluding hydrogens is 391 g/mol. The minimum atomic E-state index is -3.88. The fraction of sp³-hybridized carbons (Fsp3) is 0.571. The number of rotatable bonds is 7. The molecule has 0 aliphatic rings. The largest absolute Gasteiger partial charge is 0.388 e. The SMILES string of the molecule is CC(C)(CCCCS(=O)(=O)O)C(O)c1ccccc1I. The summed E-state index contributed by atoms with van der Waals surface area (Å²) in [5, 5.41) is 10.5. The molecule has 1 unspecified atom stereocenters. The van der Waals surface area contributed by atoms with Crippen LogP contribution in [0.1, 0.15) is 44.8 Å². The van der Waals surface area contributed by atoms with Gasteiger partial charge in [-0.3, -0.25) is 4.55 Å². The number of hydrogen-bond acceptors (Lipinski definition) is 3. The lowest BCUT2D eigenvalue weighted by atomic mass is 9.78. The lowest BCUT2D eigenvalue weighted by Crippen LogP contribution is -2.23. The Bertz CT molecular complexity index is 540. The van der Waals surface area contributed by atoms with E-state index in [0.29, 0.717) is 19.3 Å². The molecule has 20 heavy (non-hydrogen) atoms. The first-order valence-electron chi connectivity index (χ1n) is 6.51. The van der Waals surface area contributed by atoms with E-state index in [4.69, 9.17) is 4.55 Å². The van der Waals surface area contributed by atoms with Gasteiger partial charge in [0, 0.05) is 3.57 Å². The molecule has 0 radical (unpaired) electrons. The maximum absolute atomic E-state index is 10.7. The second kappa shape index (κ2) is 7.20. The first-order valence-corrected chi connectivity index (χ1v) is 9.20. The summed E-state index contributed by atoms with van der Waals surface area (Å²) < 4.78 is 31.0. The van der Waals surface area contributed by atoms with Gasteiger partial charge < -0.3 is 5.11 Å². The van der Waals surface area contributed by atoms with Gasteiger partial charge in [0.15, 0.2) is 0 Å². The van der Waals surface area contributed by atoms with Gasteiger partial charge in [-0.1, -0.05) is 38.5 Å². The Morgan fingerprint density at radius 3 is 2.40 bits per heavy atom. The molecule has 4 nitrogen and oxygen atoms in total. The normalized spacial score (nSPS) is 14.2. The molecule has 0 aromatic heterocycles. The van der Waals surface area contributed by atoms with E-state index in [9.17, 15) is 13.5 Å². The van der Waals surface area contributed by atoms with Crippen LogP contribution >= 0.6 is 22.6 Å². The van der Waals surface area contributed by atoms with Gasteiger partial charge in [0.25, 0.3) is 10.1 Å². The Kier molecular flexibility index (Phi) is 6.43. The molecule has 6 heteroatoms. The van der Waals surface area contributed by atoms with E-state index >= 15 is 0 Å². The Morgan fingerprint density at radius 1 is 1.25 bits per heavy atom. The van der Waals surface area contributed by atoms with E-state index < -0.39 is 16.2 Å². The van der Waals surface area contributed by atoms with Crippen molar-refractivity contribution in [2.45, 2.75) is 39.2 Å². The molecule has 2 N–H and O–H groups in total. The van der Waals surface area contributed by atoms with Crippen molar-refractivity contribution in [3.63, 3.8) is 0 Å². The summed E-state index contributed by atoms with van der Waals surface area (Å²) in [4.78, 5) is 0.